The molecule has 0 bridgehead atoms. The number of hydrogen-bond acceptors (Lipinski definition) is 4. The second kappa shape index (κ2) is 7.59. The highest BCUT2D eigenvalue weighted by Crippen LogP contribution is 2.33. The molecule has 1 heterocycles. The van der Waals surface area contributed by atoms with Crippen LogP contribution in [0.15, 0.2) is 36.4 Å². The normalized spacial score (nSPS) is 13.3. The van der Waals surface area contributed by atoms with Gasteiger partial charge in [0, 0.05) is 18.7 Å². The number of hydrogen-bond donors (Lipinski definition) is 0. The lowest BCUT2D eigenvalue weighted by Crippen LogP contribution is -2.36. The minimum atomic E-state index is -2.93. The minimum absolute atomic E-state index is 0.0327. The molecule has 0 spiro atoms. The molecule has 1 aliphatic heterocycles. The summed E-state index contributed by atoms with van der Waals surface area (Å²) >= 11 is 0. The van der Waals surface area contributed by atoms with Crippen LogP contribution in [0, 0.1) is 0 Å². The van der Waals surface area contributed by atoms with Crippen LogP contribution in [0.1, 0.15) is 21.5 Å². The molecule has 0 saturated heterocycles. The first-order chi connectivity index (χ1) is 12.5. The molecule has 0 aromatic heterocycles. The van der Waals surface area contributed by atoms with Crippen molar-refractivity contribution in [3.05, 3.63) is 53.1 Å². The van der Waals surface area contributed by atoms with E-state index in [1.807, 2.05) is 12.1 Å². The topological polar surface area (TPSA) is 48.0 Å². The monoisotopic (exact) mass is 363 g/mol. The third kappa shape index (κ3) is 3.71. The van der Waals surface area contributed by atoms with E-state index in [0.29, 0.717) is 36.6 Å². The van der Waals surface area contributed by atoms with Gasteiger partial charge in [-0.3, -0.25) is 4.79 Å². The predicted molar refractivity (Wildman–Crippen MR) is 91.1 cm³/mol. The standard InChI is InChI=1S/C19H19F2NO4/c1-24-16-9-12-6-7-22(11-14(12)10-17(16)25-2)18(23)13-4-3-5-15(8-13)26-19(20)21/h3-5,8-10,19H,6-7,11H2,1-2H3. The van der Waals surface area contributed by atoms with Gasteiger partial charge in [-0.15, -0.1) is 0 Å². The Morgan fingerprint density at radius 1 is 1.08 bits per heavy atom. The van der Waals surface area contributed by atoms with Crippen molar-refractivity contribution in [2.24, 2.45) is 0 Å². The fourth-order valence-corrected chi connectivity index (χ4v) is 3.04. The maximum Gasteiger partial charge on any atom is 0.387 e. The molecule has 5 nitrogen and oxygen atoms in total. The van der Waals surface area contributed by atoms with Crippen LogP contribution in [0.5, 0.6) is 17.2 Å². The van der Waals surface area contributed by atoms with E-state index in [0.717, 1.165) is 11.1 Å². The fourth-order valence-electron chi connectivity index (χ4n) is 3.04. The molecule has 1 aliphatic rings. The van der Waals surface area contributed by atoms with Crippen molar-refractivity contribution < 1.29 is 27.8 Å². The Balaban J connectivity index is 1.81. The Morgan fingerprint density at radius 2 is 1.77 bits per heavy atom. The quantitative estimate of drug-likeness (QED) is 0.816. The van der Waals surface area contributed by atoms with Gasteiger partial charge in [-0.05, 0) is 47.9 Å². The molecule has 0 atom stereocenters. The van der Waals surface area contributed by atoms with Crippen LogP contribution >= 0.6 is 0 Å². The van der Waals surface area contributed by atoms with Crippen molar-refractivity contribution in [3.63, 3.8) is 0 Å². The van der Waals surface area contributed by atoms with Crippen molar-refractivity contribution in [2.45, 2.75) is 19.6 Å². The molecule has 0 saturated carbocycles. The highest BCUT2D eigenvalue weighted by Gasteiger charge is 2.24. The van der Waals surface area contributed by atoms with Crippen molar-refractivity contribution in [1.82, 2.24) is 4.90 Å². The molecule has 0 aliphatic carbocycles. The van der Waals surface area contributed by atoms with Gasteiger partial charge in [-0.2, -0.15) is 8.78 Å². The molecule has 26 heavy (non-hydrogen) atoms. The summed E-state index contributed by atoms with van der Waals surface area (Å²) in [6.45, 7) is -1.99. The lowest BCUT2D eigenvalue weighted by atomic mass is 9.98. The lowest BCUT2D eigenvalue weighted by molar-refractivity contribution is -0.0499. The molecular formula is C19H19F2NO4. The zero-order valence-corrected chi connectivity index (χ0v) is 14.5. The number of methoxy groups -OCH3 is 2. The number of carbonyl (C=O) groups excluding carboxylic acids is 1. The van der Waals surface area contributed by atoms with Crippen molar-refractivity contribution in [3.8, 4) is 17.2 Å². The third-order valence-electron chi connectivity index (χ3n) is 4.31. The Bertz CT molecular complexity index is 810. The Morgan fingerprint density at radius 3 is 2.42 bits per heavy atom. The van der Waals surface area contributed by atoms with Crippen LogP contribution < -0.4 is 14.2 Å². The second-order valence-corrected chi connectivity index (χ2v) is 5.86. The average molecular weight is 363 g/mol. The first-order valence-electron chi connectivity index (χ1n) is 8.09. The molecule has 7 heteroatoms. The van der Waals surface area contributed by atoms with Gasteiger partial charge in [0.05, 0.1) is 14.2 Å². The highest BCUT2D eigenvalue weighted by molar-refractivity contribution is 5.94. The van der Waals surface area contributed by atoms with Crippen molar-refractivity contribution in [1.29, 1.82) is 0 Å². The van der Waals surface area contributed by atoms with Gasteiger partial charge in [0.1, 0.15) is 5.75 Å². The van der Waals surface area contributed by atoms with Crippen LogP contribution in [0.3, 0.4) is 0 Å². The fraction of sp³-hybridized carbons (Fsp3) is 0.316. The Hall–Kier alpha value is -2.83. The lowest BCUT2D eigenvalue weighted by Gasteiger charge is -2.29. The molecule has 0 radical (unpaired) electrons. The summed E-state index contributed by atoms with van der Waals surface area (Å²) in [5.74, 6) is 0.996. The van der Waals surface area contributed by atoms with Crippen LogP contribution in [0.2, 0.25) is 0 Å². The molecule has 138 valence electrons. The minimum Gasteiger partial charge on any atom is -0.493 e. The number of halogens is 2. The third-order valence-corrected chi connectivity index (χ3v) is 4.31. The summed E-state index contributed by atoms with van der Waals surface area (Å²) in [6.07, 6.45) is 0.675. The number of carbonyl (C=O) groups is 1. The summed E-state index contributed by atoms with van der Waals surface area (Å²) in [5, 5.41) is 0. The van der Waals surface area contributed by atoms with E-state index in [1.54, 1.807) is 25.2 Å². The maximum atomic E-state index is 12.8. The predicted octanol–water partition coefficient (Wildman–Crippen LogP) is 3.50. The summed E-state index contributed by atoms with van der Waals surface area (Å²) in [4.78, 5) is 14.4. The number of ether oxygens (including phenoxy) is 3. The van der Waals surface area contributed by atoms with Crippen LogP contribution in [0.4, 0.5) is 8.78 Å². The van der Waals surface area contributed by atoms with Gasteiger partial charge in [-0.25, -0.2) is 0 Å². The highest BCUT2D eigenvalue weighted by atomic mass is 19.3. The number of nitrogens with zero attached hydrogens (tertiary/aromatic N) is 1. The van der Waals surface area contributed by atoms with Gasteiger partial charge < -0.3 is 19.1 Å². The van der Waals surface area contributed by atoms with E-state index in [1.165, 1.54) is 18.2 Å². The maximum absolute atomic E-state index is 12.8. The van der Waals surface area contributed by atoms with Crippen LogP contribution in [0.25, 0.3) is 0 Å². The average Bonchev–Trinajstić information content (AvgIpc) is 2.65. The molecule has 1 amide bonds. The van der Waals surface area contributed by atoms with E-state index in [9.17, 15) is 13.6 Å². The van der Waals surface area contributed by atoms with Crippen molar-refractivity contribution >= 4 is 5.91 Å². The zero-order valence-electron chi connectivity index (χ0n) is 14.5. The first kappa shape index (κ1) is 18.0. The number of fused-ring (bicyclic) bond motifs is 1. The zero-order chi connectivity index (χ0) is 18.7. The van der Waals surface area contributed by atoms with E-state index in [4.69, 9.17) is 9.47 Å². The molecule has 3 rings (SSSR count). The smallest absolute Gasteiger partial charge is 0.387 e. The summed E-state index contributed by atoms with van der Waals surface area (Å²) in [5.41, 5.74) is 2.38. The molecule has 2 aromatic rings. The van der Waals surface area contributed by atoms with Gasteiger partial charge >= 0.3 is 6.61 Å². The van der Waals surface area contributed by atoms with E-state index in [2.05, 4.69) is 4.74 Å². The van der Waals surface area contributed by atoms with Crippen LogP contribution in [-0.2, 0) is 13.0 Å². The molecule has 0 unspecified atom stereocenters. The number of alkyl halides is 2. The number of amides is 1. The molecule has 2 aromatic carbocycles. The summed E-state index contributed by atoms with van der Waals surface area (Å²) in [7, 11) is 3.14. The summed E-state index contributed by atoms with van der Waals surface area (Å²) < 4.78 is 39.7. The van der Waals surface area contributed by atoms with E-state index < -0.39 is 6.61 Å². The Labute approximate surface area is 150 Å². The largest absolute Gasteiger partial charge is 0.493 e. The van der Waals surface area contributed by atoms with Crippen LogP contribution in [-0.4, -0.2) is 38.2 Å². The van der Waals surface area contributed by atoms with Gasteiger partial charge in [0.25, 0.3) is 5.91 Å². The van der Waals surface area contributed by atoms with Crippen molar-refractivity contribution in [2.75, 3.05) is 20.8 Å². The number of benzene rings is 2. The first-order valence-corrected chi connectivity index (χ1v) is 8.09. The molecular weight excluding hydrogens is 344 g/mol. The number of rotatable bonds is 5. The van der Waals surface area contributed by atoms with Gasteiger partial charge in [-0.1, -0.05) is 6.07 Å². The second-order valence-electron chi connectivity index (χ2n) is 5.86. The van der Waals surface area contributed by atoms with Gasteiger partial charge in [0.15, 0.2) is 11.5 Å². The van der Waals surface area contributed by atoms with Gasteiger partial charge in [0.2, 0.25) is 0 Å². The SMILES string of the molecule is COc1cc2c(cc1OC)CN(C(=O)c1cccc(OC(F)F)c1)CC2. The summed E-state index contributed by atoms with van der Waals surface area (Å²) in [6, 6.07) is 9.63. The molecule has 0 fully saturated rings. The van der Waals surface area contributed by atoms with E-state index >= 15 is 0 Å². The van der Waals surface area contributed by atoms with E-state index in [-0.39, 0.29) is 11.7 Å². The molecule has 0 N–H and O–H groups in total. The Kier molecular flexibility index (Phi) is 5.25.